The molecule has 8 nitrogen and oxygen atoms in total. The van der Waals surface area contributed by atoms with Gasteiger partial charge >= 0.3 is 5.97 Å². The summed E-state index contributed by atoms with van der Waals surface area (Å²) in [6.45, 7) is 6.07. The van der Waals surface area contributed by atoms with Gasteiger partial charge in [0.2, 0.25) is 0 Å². The number of carbonyl (C=O) groups excluding carboxylic acids is 3. The fourth-order valence-electron chi connectivity index (χ4n) is 4.81. The predicted octanol–water partition coefficient (Wildman–Crippen LogP) is 5.34. The second-order valence-corrected chi connectivity index (χ2v) is 10.5. The van der Waals surface area contributed by atoms with Gasteiger partial charge in [0, 0.05) is 16.8 Å². The number of esters is 1. The Morgan fingerprint density at radius 1 is 0.900 bits per heavy atom. The summed E-state index contributed by atoms with van der Waals surface area (Å²) < 4.78 is 15.6. The van der Waals surface area contributed by atoms with Crippen LogP contribution in [0.15, 0.2) is 72.3 Å². The van der Waals surface area contributed by atoms with E-state index in [4.69, 9.17) is 14.2 Å². The van der Waals surface area contributed by atoms with Crippen molar-refractivity contribution in [2.24, 2.45) is 0 Å². The van der Waals surface area contributed by atoms with Crippen LogP contribution < -0.4 is 14.4 Å². The minimum Gasteiger partial charge on any atom is -0.507 e. The molecule has 1 atom stereocenters. The zero-order valence-corrected chi connectivity index (χ0v) is 23.5. The Kier molecular flexibility index (Phi) is 8.00. The van der Waals surface area contributed by atoms with Crippen molar-refractivity contribution in [3.63, 3.8) is 0 Å². The average Bonchev–Trinajstić information content (AvgIpc) is 3.22. The molecule has 1 unspecified atom stereocenters. The van der Waals surface area contributed by atoms with E-state index in [1.165, 1.54) is 12.0 Å². The van der Waals surface area contributed by atoms with Crippen LogP contribution in [0.25, 0.3) is 5.76 Å². The van der Waals surface area contributed by atoms with Gasteiger partial charge in [0.1, 0.15) is 17.3 Å². The molecule has 0 radical (unpaired) electrons. The summed E-state index contributed by atoms with van der Waals surface area (Å²) in [6, 6.07) is 18.0. The fraction of sp³-hybridized carbons (Fsp3) is 0.281. The number of anilines is 1. The molecule has 1 fully saturated rings. The Morgan fingerprint density at radius 2 is 1.55 bits per heavy atom. The summed E-state index contributed by atoms with van der Waals surface area (Å²) in [5.74, 6) is -0.975. The summed E-state index contributed by atoms with van der Waals surface area (Å²) >= 11 is 0. The standard InChI is InChI=1S/C32H33NO7/c1-32(2,3)24-18-21(11-16-25(24)39-5)29(35)27-28(20-9-14-23(38-4)15-10-20)33(31(37)30(27)36)22-12-7-19(8-13-22)17-26(34)40-6/h7-16,18,28,35H,17H2,1-6H3/b29-27-. The van der Waals surface area contributed by atoms with Crippen molar-refractivity contribution in [1.29, 1.82) is 0 Å². The quantitative estimate of drug-likeness (QED) is 0.186. The molecule has 1 N–H and O–H groups in total. The number of ketones is 1. The van der Waals surface area contributed by atoms with E-state index in [9.17, 15) is 19.5 Å². The lowest BCUT2D eigenvalue weighted by molar-refractivity contribution is -0.139. The Labute approximate surface area is 233 Å². The third-order valence-electron chi connectivity index (χ3n) is 6.95. The lowest BCUT2D eigenvalue weighted by Crippen LogP contribution is -2.29. The highest BCUT2D eigenvalue weighted by molar-refractivity contribution is 6.51. The maximum absolute atomic E-state index is 13.5. The van der Waals surface area contributed by atoms with Gasteiger partial charge in [-0.2, -0.15) is 0 Å². The molecule has 1 saturated heterocycles. The van der Waals surface area contributed by atoms with E-state index in [0.29, 0.717) is 33.9 Å². The van der Waals surface area contributed by atoms with Crippen LogP contribution in [0.4, 0.5) is 5.69 Å². The number of aliphatic hydroxyl groups is 1. The smallest absolute Gasteiger partial charge is 0.309 e. The van der Waals surface area contributed by atoms with Crippen LogP contribution in [0.1, 0.15) is 49.1 Å². The third-order valence-corrected chi connectivity index (χ3v) is 6.95. The molecule has 0 spiro atoms. The third kappa shape index (κ3) is 5.43. The molecule has 1 amide bonds. The molecule has 1 aliphatic heterocycles. The van der Waals surface area contributed by atoms with Crippen molar-refractivity contribution in [3.05, 3.63) is 94.6 Å². The Bertz CT molecular complexity index is 1460. The van der Waals surface area contributed by atoms with E-state index in [0.717, 1.165) is 5.56 Å². The average molecular weight is 544 g/mol. The summed E-state index contributed by atoms with van der Waals surface area (Å²) in [7, 11) is 4.45. The van der Waals surface area contributed by atoms with Crippen molar-refractivity contribution < 1.29 is 33.7 Å². The number of hydrogen-bond acceptors (Lipinski definition) is 7. The van der Waals surface area contributed by atoms with Crippen molar-refractivity contribution in [2.75, 3.05) is 26.2 Å². The number of amides is 1. The van der Waals surface area contributed by atoms with Gasteiger partial charge in [-0.3, -0.25) is 19.3 Å². The summed E-state index contributed by atoms with van der Waals surface area (Å²) in [5.41, 5.74) is 2.66. The topological polar surface area (TPSA) is 102 Å². The first-order chi connectivity index (χ1) is 19.0. The van der Waals surface area contributed by atoms with Gasteiger partial charge in [0.15, 0.2) is 0 Å². The molecular weight excluding hydrogens is 510 g/mol. The van der Waals surface area contributed by atoms with Crippen LogP contribution in [0, 0.1) is 0 Å². The van der Waals surface area contributed by atoms with Gasteiger partial charge in [0.25, 0.3) is 11.7 Å². The first-order valence-corrected chi connectivity index (χ1v) is 12.8. The van der Waals surface area contributed by atoms with E-state index in [1.54, 1.807) is 80.9 Å². The zero-order chi connectivity index (χ0) is 29.2. The van der Waals surface area contributed by atoms with Crippen molar-refractivity contribution in [1.82, 2.24) is 0 Å². The minimum absolute atomic E-state index is 0.0289. The van der Waals surface area contributed by atoms with Gasteiger partial charge in [-0.25, -0.2) is 0 Å². The van der Waals surface area contributed by atoms with E-state index >= 15 is 0 Å². The molecule has 0 saturated carbocycles. The van der Waals surface area contributed by atoms with Crippen LogP contribution in [-0.2, 0) is 31.0 Å². The summed E-state index contributed by atoms with van der Waals surface area (Å²) in [4.78, 5) is 40.1. The second-order valence-electron chi connectivity index (χ2n) is 10.5. The van der Waals surface area contributed by atoms with Crippen LogP contribution in [-0.4, -0.2) is 44.1 Å². The highest BCUT2D eigenvalue weighted by atomic mass is 16.5. The van der Waals surface area contributed by atoms with Crippen molar-refractivity contribution in [2.45, 2.75) is 38.6 Å². The molecule has 3 aromatic carbocycles. The number of Topliss-reactive ketones (excluding diaryl/α,β-unsaturated/α-hetero) is 1. The van der Waals surface area contributed by atoms with Crippen LogP contribution in [0.2, 0.25) is 0 Å². The number of benzene rings is 3. The molecule has 0 bridgehead atoms. The molecule has 0 aromatic heterocycles. The van der Waals surface area contributed by atoms with E-state index < -0.39 is 17.7 Å². The SMILES string of the molecule is COC(=O)Cc1ccc(N2C(=O)C(=O)/C(=C(\O)c3ccc(OC)c(C(C)(C)C)c3)C2c2ccc(OC)cc2)cc1. The van der Waals surface area contributed by atoms with E-state index in [1.807, 2.05) is 20.8 Å². The molecule has 1 aliphatic rings. The Hall–Kier alpha value is -4.59. The molecule has 40 heavy (non-hydrogen) atoms. The first-order valence-electron chi connectivity index (χ1n) is 12.8. The van der Waals surface area contributed by atoms with Gasteiger partial charge < -0.3 is 19.3 Å². The predicted molar refractivity (Wildman–Crippen MR) is 152 cm³/mol. The highest BCUT2D eigenvalue weighted by Gasteiger charge is 2.47. The molecule has 1 heterocycles. The highest BCUT2D eigenvalue weighted by Crippen LogP contribution is 2.43. The number of ether oxygens (including phenoxy) is 3. The maximum atomic E-state index is 13.5. The molecule has 4 rings (SSSR count). The fourth-order valence-corrected chi connectivity index (χ4v) is 4.81. The number of hydrogen-bond donors (Lipinski definition) is 1. The first kappa shape index (κ1) is 28.4. The number of nitrogens with zero attached hydrogens (tertiary/aromatic N) is 1. The Balaban J connectivity index is 1.88. The zero-order valence-electron chi connectivity index (χ0n) is 23.5. The number of aliphatic hydroxyl groups excluding tert-OH is 1. The van der Waals surface area contributed by atoms with Crippen LogP contribution in [0.5, 0.6) is 11.5 Å². The molecule has 208 valence electrons. The normalized spacial score (nSPS) is 16.6. The van der Waals surface area contributed by atoms with E-state index in [-0.39, 0.29) is 29.1 Å². The monoisotopic (exact) mass is 543 g/mol. The molecule has 3 aromatic rings. The molecular formula is C32H33NO7. The van der Waals surface area contributed by atoms with Crippen LogP contribution >= 0.6 is 0 Å². The van der Waals surface area contributed by atoms with Gasteiger partial charge in [-0.05, 0) is 59.0 Å². The minimum atomic E-state index is -0.905. The lowest BCUT2D eigenvalue weighted by atomic mass is 9.84. The van der Waals surface area contributed by atoms with E-state index in [2.05, 4.69) is 0 Å². The largest absolute Gasteiger partial charge is 0.507 e. The Morgan fingerprint density at radius 3 is 2.10 bits per heavy atom. The lowest BCUT2D eigenvalue weighted by Gasteiger charge is -2.26. The number of rotatable bonds is 7. The summed E-state index contributed by atoms with van der Waals surface area (Å²) in [6.07, 6.45) is 0.0745. The van der Waals surface area contributed by atoms with Crippen molar-refractivity contribution in [3.8, 4) is 11.5 Å². The number of carbonyl (C=O) groups is 3. The second kappa shape index (κ2) is 11.3. The van der Waals surface area contributed by atoms with Gasteiger partial charge in [0.05, 0.1) is 39.4 Å². The van der Waals surface area contributed by atoms with Gasteiger partial charge in [-0.1, -0.05) is 45.0 Å². The molecule has 8 heteroatoms. The van der Waals surface area contributed by atoms with Crippen LogP contribution in [0.3, 0.4) is 0 Å². The van der Waals surface area contributed by atoms with Gasteiger partial charge in [-0.15, -0.1) is 0 Å². The maximum Gasteiger partial charge on any atom is 0.309 e. The van der Waals surface area contributed by atoms with Crippen molar-refractivity contribution >= 4 is 29.1 Å². The molecule has 0 aliphatic carbocycles. The summed E-state index contributed by atoms with van der Waals surface area (Å²) in [5, 5.41) is 11.6. The number of methoxy groups -OCH3 is 3.